The number of nitrogens with zero attached hydrogens (tertiary/aromatic N) is 1. The zero-order valence-electron chi connectivity index (χ0n) is 13.2. The predicted molar refractivity (Wildman–Crippen MR) is 104 cm³/mol. The van der Waals surface area contributed by atoms with Crippen molar-refractivity contribution in [3.05, 3.63) is 54.7 Å². The third-order valence-corrected chi connectivity index (χ3v) is 5.96. The maximum Gasteiger partial charge on any atom is 0.0950 e. The molecule has 4 atom stereocenters. The molecule has 23 heavy (non-hydrogen) atoms. The van der Waals surface area contributed by atoms with Crippen LogP contribution >= 0.6 is 22.6 Å². The number of aliphatic hydroxyl groups excluding tert-OH is 1. The van der Waals surface area contributed by atoms with E-state index < -0.39 is 6.10 Å². The number of pyridine rings is 1. The van der Waals surface area contributed by atoms with Gasteiger partial charge in [-0.2, -0.15) is 0 Å². The van der Waals surface area contributed by atoms with Crippen LogP contribution in [0.15, 0.2) is 49.2 Å². The van der Waals surface area contributed by atoms with E-state index in [-0.39, 0.29) is 6.04 Å². The minimum atomic E-state index is -0.509. The largest absolute Gasteiger partial charge is 0.387 e. The van der Waals surface area contributed by atoms with Crippen LogP contribution in [0.5, 0.6) is 0 Å². The van der Waals surface area contributed by atoms with Crippen LogP contribution in [0.3, 0.4) is 0 Å². The standard InChI is InChI=1S/C19H23IN2O/c1-2-13(12-20)14-7-9-22-18(11-14)19(23)16-8-10-21-17-6-4-3-5-15(16)17/h2-6,8,10,13-14,18-19,22-23H,1,7,9,11-12H2/t13-,14-,18-,19+/m0/s1. The molecule has 1 fully saturated rings. The maximum absolute atomic E-state index is 11.0. The number of aliphatic hydroxyl groups is 1. The lowest BCUT2D eigenvalue weighted by atomic mass is 9.80. The third kappa shape index (κ3) is 3.59. The second kappa shape index (κ2) is 7.73. The number of hydrogen-bond acceptors (Lipinski definition) is 3. The molecular formula is C19H23IN2O. The number of benzene rings is 1. The molecule has 0 unspecified atom stereocenters. The first-order valence-electron chi connectivity index (χ1n) is 8.18. The average molecular weight is 422 g/mol. The first kappa shape index (κ1) is 16.9. The number of fused-ring (bicyclic) bond motifs is 1. The molecule has 4 heteroatoms. The number of aromatic nitrogens is 1. The molecule has 122 valence electrons. The van der Waals surface area contributed by atoms with Crippen molar-refractivity contribution >= 4 is 33.5 Å². The third-order valence-electron chi connectivity index (χ3n) is 4.95. The fourth-order valence-corrected chi connectivity index (χ4v) is 4.66. The van der Waals surface area contributed by atoms with Crippen LogP contribution in [-0.2, 0) is 0 Å². The van der Waals surface area contributed by atoms with Crippen molar-refractivity contribution in [1.82, 2.24) is 10.3 Å². The van der Waals surface area contributed by atoms with Gasteiger partial charge in [-0.3, -0.25) is 4.98 Å². The molecule has 3 rings (SSSR count). The molecule has 1 saturated heterocycles. The van der Waals surface area contributed by atoms with E-state index in [1.165, 1.54) is 0 Å². The SMILES string of the molecule is C=C[C@@H](CI)[C@H]1CCN[C@H]([C@H](O)c2ccnc3ccccc23)C1. The minimum Gasteiger partial charge on any atom is -0.387 e. The first-order valence-corrected chi connectivity index (χ1v) is 9.70. The van der Waals surface area contributed by atoms with Gasteiger partial charge in [-0.15, -0.1) is 6.58 Å². The normalized spacial score (nSPS) is 24.3. The molecular weight excluding hydrogens is 399 g/mol. The maximum atomic E-state index is 11.0. The fourth-order valence-electron chi connectivity index (χ4n) is 3.58. The van der Waals surface area contributed by atoms with E-state index in [1.807, 2.05) is 30.3 Å². The van der Waals surface area contributed by atoms with Gasteiger partial charge in [0.2, 0.25) is 0 Å². The molecule has 2 N–H and O–H groups in total. The molecule has 0 saturated carbocycles. The summed E-state index contributed by atoms with van der Waals surface area (Å²) in [5, 5.41) is 15.5. The Balaban J connectivity index is 1.84. The summed E-state index contributed by atoms with van der Waals surface area (Å²) < 4.78 is 1.09. The lowest BCUT2D eigenvalue weighted by Crippen LogP contribution is -2.43. The fraction of sp³-hybridized carbons (Fsp3) is 0.421. The van der Waals surface area contributed by atoms with Crippen molar-refractivity contribution in [2.45, 2.75) is 25.0 Å². The molecule has 0 spiro atoms. The molecule has 1 aromatic carbocycles. The second-order valence-corrected chi connectivity index (χ2v) is 7.14. The number of nitrogens with one attached hydrogen (secondary N) is 1. The second-order valence-electron chi connectivity index (χ2n) is 6.26. The Bertz CT molecular complexity index is 670. The quantitative estimate of drug-likeness (QED) is 0.437. The summed E-state index contributed by atoms with van der Waals surface area (Å²) in [6, 6.07) is 10.0. The molecule has 1 aliphatic rings. The van der Waals surface area contributed by atoms with Gasteiger partial charge < -0.3 is 10.4 Å². The lowest BCUT2D eigenvalue weighted by Gasteiger charge is -2.36. The van der Waals surface area contributed by atoms with Crippen LogP contribution in [0.25, 0.3) is 10.9 Å². The lowest BCUT2D eigenvalue weighted by molar-refractivity contribution is 0.0938. The molecule has 0 radical (unpaired) electrons. The van der Waals surface area contributed by atoms with Crippen molar-refractivity contribution in [2.24, 2.45) is 11.8 Å². The molecule has 2 aromatic rings. The summed E-state index contributed by atoms with van der Waals surface area (Å²) >= 11 is 2.44. The number of rotatable bonds is 5. The van der Waals surface area contributed by atoms with E-state index in [9.17, 15) is 5.11 Å². The topological polar surface area (TPSA) is 45.1 Å². The predicted octanol–water partition coefficient (Wildman–Crippen LogP) is 3.87. The zero-order chi connectivity index (χ0) is 16.2. The van der Waals surface area contributed by atoms with Crippen molar-refractivity contribution in [2.75, 3.05) is 11.0 Å². The van der Waals surface area contributed by atoms with E-state index in [1.54, 1.807) is 6.20 Å². The van der Waals surface area contributed by atoms with Crippen LogP contribution in [0.2, 0.25) is 0 Å². The molecule has 3 nitrogen and oxygen atoms in total. The number of halogens is 1. The Morgan fingerprint density at radius 2 is 2.22 bits per heavy atom. The highest BCUT2D eigenvalue weighted by Gasteiger charge is 2.31. The highest BCUT2D eigenvalue weighted by molar-refractivity contribution is 14.1. The van der Waals surface area contributed by atoms with Crippen LogP contribution in [-0.4, -0.2) is 27.1 Å². The van der Waals surface area contributed by atoms with Crippen molar-refractivity contribution in [3.8, 4) is 0 Å². The van der Waals surface area contributed by atoms with E-state index in [2.05, 4.69) is 45.5 Å². The number of piperidine rings is 1. The van der Waals surface area contributed by atoms with Crippen LogP contribution in [0.4, 0.5) is 0 Å². The van der Waals surface area contributed by atoms with Crippen LogP contribution < -0.4 is 5.32 Å². The van der Waals surface area contributed by atoms with Crippen molar-refractivity contribution in [3.63, 3.8) is 0 Å². The minimum absolute atomic E-state index is 0.0879. The Morgan fingerprint density at radius 1 is 1.39 bits per heavy atom. The van der Waals surface area contributed by atoms with Crippen molar-refractivity contribution in [1.29, 1.82) is 0 Å². The Morgan fingerprint density at radius 3 is 3.00 bits per heavy atom. The van der Waals surface area contributed by atoms with E-state index in [4.69, 9.17) is 0 Å². The number of hydrogen-bond donors (Lipinski definition) is 2. The summed E-state index contributed by atoms with van der Waals surface area (Å²) in [4.78, 5) is 4.39. The molecule has 1 aromatic heterocycles. The Labute approximate surface area is 151 Å². The van der Waals surface area contributed by atoms with Gasteiger partial charge in [-0.05, 0) is 48.9 Å². The van der Waals surface area contributed by atoms with Gasteiger partial charge in [0, 0.05) is 22.1 Å². The van der Waals surface area contributed by atoms with E-state index in [0.717, 1.165) is 40.3 Å². The highest BCUT2D eigenvalue weighted by Crippen LogP contribution is 2.33. The summed E-state index contributed by atoms with van der Waals surface area (Å²) in [5.41, 5.74) is 1.91. The summed E-state index contributed by atoms with van der Waals surface area (Å²) in [7, 11) is 0. The number of allylic oxidation sites excluding steroid dienone is 1. The van der Waals surface area contributed by atoms with Gasteiger partial charge >= 0.3 is 0 Å². The van der Waals surface area contributed by atoms with E-state index >= 15 is 0 Å². The number of alkyl halides is 1. The van der Waals surface area contributed by atoms with Gasteiger partial charge in [-0.25, -0.2) is 0 Å². The van der Waals surface area contributed by atoms with E-state index in [0.29, 0.717) is 11.8 Å². The Kier molecular flexibility index (Phi) is 5.67. The molecule has 0 bridgehead atoms. The van der Waals surface area contributed by atoms with Crippen LogP contribution in [0.1, 0.15) is 24.5 Å². The van der Waals surface area contributed by atoms with Gasteiger partial charge in [0.1, 0.15) is 0 Å². The molecule has 1 aliphatic heterocycles. The average Bonchev–Trinajstić information content (AvgIpc) is 2.62. The Hall–Kier alpha value is -0.980. The van der Waals surface area contributed by atoms with Gasteiger partial charge in [0.15, 0.2) is 0 Å². The molecule has 2 heterocycles. The summed E-state index contributed by atoms with van der Waals surface area (Å²) in [6.45, 7) is 4.93. The monoisotopic (exact) mass is 422 g/mol. The molecule has 0 amide bonds. The summed E-state index contributed by atoms with van der Waals surface area (Å²) in [5.74, 6) is 1.12. The van der Waals surface area contributed by atoms with Crippen LogP contribution in [0, 0.1) is 11.8 Å². The smallest absolute Gasteiger partial charge is 0.0950 e. The first-order chi connectivity index (χ1) is 11.2. The van der Waals surface area contributed by atoms with Gasteiger partial charge in [0.05, 0.1) is 11.6 Å². The molecule has 0 aliphatic carbocycles. The van der Waals surface area contributed by atoms with Crippen molar-refractivity contribution < 1.29 is 5.11 Å². The zero-order valence-corrected chi connectivity index (χ0v) is 15.3. The van der Waals surface area contributed by atoms with Gasteiger partial charge in [-0.1, -0.05) is 46.9 Å². The highest BCUT2D eigenvalue weighted by atomic mass is 127. The summed E-state index contributed by atoms with van der Waals surface area (Å²) in [6.07, 6.45) is 5.49. The number of para-hydroxylation sites is 1. The van der Waals surface area contributed by atoms with Gasteiger partial charge in [0.25, 0.3) is 0 Å².